The van der Waals surface area contributed by atoms with E-state index in [0.29, 0.717) is 22.7 Å². The van der Waals surface area contributed by atoms with E-state index < -0.39 is 0 Å². The third-order valence-corrected chi connectivity index (χ3v) is 3.89. The van der Waals surface area contributed by atoms with Gasteiger partial charge in [0, 0.05) is 23.8 Å². The molecule has 2 aromatic rings. The summed E-state index contributed by atoms with van der Waals surface area (Å²) >= 11 is 5.90. The van der Waals surface area contributed by atoms with E-state index in [4.69, 9.17) is 33.6 Å². The summed E-state index contributed by atoms with van der Waals surface area (Å²) in [7, 11) is 1.62. The number of amidine groups is 3. The van der Waals surface area contributed by atoms with Crippen molar-refractivity contribution in [3.63, 3.8) is 0 Å². The molecule has 0 aliphatic rings. The van der Waals surface area contributed by atoms with E-state index in [9.17, 15) is 0 Å². The largest absolute Gasteiger partial charge is 0.383 e. The Bertz CT molecular complexity index is 814. The van der Waals surface area contributed by atoms with Crippen LogP contribution in [0.1, 0.15) is 23.6 Å². The van der Waals surface area contributed by atoms with E-state index >= 15 is 0 Å². The summed E-state index contributed by atoms with van der Waals surface area (Å²) < 4.78 is 0. The first kappa shape index (κ1) is 18.4. The topological polar surface area (TPSA) is 126 Å². The van der Waals surface area contributed by atoms with Gasteiger partial charge in [-0.3, -0.25) is 16.2 Å². The van der Waals surface area contributed by atoms with Crippen molar-refractivity contribution in [2.45, 2.75) is 13.5 Å². The highest BCUT2D eigenvalue weighted by Gasteiger charge is 2.17. The van der Waals surface area contributed by atoms with Crippen LogP contribution in [0.5, 0.6) is 0 Å². The molecule has 0 spiro atoms. The summed E-state index contributed by atoms with van der Waals surface area (Å²) in [5.74, 6) is 0.671. The zero-order chi connectivity index (χ0) is 18.6. The first-order valence-electron chi connectivity index (χ1n) is 7.51. The third-order valence-electron chi connectivity index (χ3n) is 3.64. The first-order valence-corrected chi connectivity index (χ1v) is 7.89. The monoisotopic (exact) mass is 357 g/mol. The van der Waals surface area contributed by atoms with Gasteiger partial charge < -0.3 is 16.0 Å². The molecule has 0 aliphatic heterocycles. The molecule has 6 N–H and O–H groups in total. The zero-order valence-electron chi connectivity index (χ0n) is 14.0. The molecule has 25 heavy (non-hydrogen) atoms. The maximum Gasteiger partial charge on any atom is 0.135 e. The second kappa shape index (κ2) is 7.76. The average molecular weight is 358 g/mol. The van der Waals surface area contributed by atoms with Gasteiger partial charge >= 0.3 is 0 Å². The van der Waals surface area contributed by atoms with Crippen molar-refractivity contribution in [2.75, 3.05) is 12.8 Å². The molecule has 130 valence electrons. The number of nitrogens with zero attached hydrogens (tertiary/aromatic N) is 2. The fourth-order valence-corrected chi connectivity index (χ4v) is 2.36. The third kappa shape index (κ3) is 4.33. The minimum Gasteiger partial charge on any atom is -0.383 e. The molecule has 7 nitrogen and oxygen atoms in total. The molecule has 0 unspecified atom stereocenters. The average Bonchev–Trinajstić information content (AvgIpc) is 2.60. The van der Waals surface area contributed by atoms with Crippen molar-refractivity contribution < 1.29 is 0 Å². The van der Waals surface area contributed by atoms with Gasteiger partial charge in [-0.15, -0.1) is 0 Å². The molecule has 1 heterocycles. The molecule has 0 atom stereocenters. The van der Waals surface area contributed by atoms with Crippen LogP contribution in [0.2, 0.25) is 5.02 Å². The van der Waals surface area contributed by atoms with Gasteiger partial charge in [-0.25, -0.2) is 4.98 Å². The SMILES string of the molecule is CNC(=N)c1cc(C(=N)N(Cc2ccc(Cl)cc2)C(C)=N)cnc1N. The number of benzene rings is 1. The summed E-state index contributed by atoms with van der Waals surface area (Å²) in [6, 6.07) is 8.88. The zero-order valence-corrected chi connectivity index (χ0v) is 14.8. The van der Waals surface area contributed by atoms with Gasteiger partial charge in [0.15, 0.2) is 0 Å². The Labute approximate surface area is 151 Å². The van der Waals surface area contributed by atoms with Gasteiger partial charge in [-0.1, -0.05) is 23.7 Å². The summed E-state index contributed by atoms with van der Waals surface area (Å²) in [6.45, 7) is 1.97. The maximum absolute atomic E-state index is 8.46. The highest BCUT2D eigenvalue weighted by Crippen LogP contribution is 2.16. The van der Waals surface area contributed by atoms with Crippen LogP contribution in [-0.4, -0.2) is 34.4 Å². The van der Waals surface area contributed by atoms with E-state index in [-0.39, 0.29) is 23.3 Å². The van der Waals surface area contributed by atoms with Crippen LogP contribution in [0.15, 0.2) is 36.5 Å². The standard InChI is InChI=1S/C17H20ClN7/c1-10(19)25(9-11-3-5-13(18)6-4-11)17(22)12-7-14(15(20)23-2)16(21)24-8-12/h3-8,19,22H,9H2,1-2H3,(H2,20,23)(H2,21,24). The van der Waals surface area contributed by atoms with E-state index in [1.165, 1.54) is 6.20 Å². The Morgan fingerprint density at radius 1 is 1.24 bits per heavy atom. The lowest BCUT2D eigenvalue weighted by atomic mass is 10.1. The number of nitrogen functional groups attached to an aromatic ring is 1. The Hall–Kier alpha value is -2.93. The van der Waals surface area contributed by atoms with Crippen molar-refractivity contribution in [1.82, 2.24) is 15.2 Å². The highest BCUT2D eigenvalue weighted by atomic mass is 35.5. The number of rotatable bonds is 4. The number of hydrogen-bond acceptors (Lipinski definition) is 5. The van der Waals surface area contributed by atoms with Gasteiger partial charge in [0.05, 0.1) is 17.9 Å². The number of halogens is 1. The van der Waals surface area contributed by atoms with Gasteiger partial charge in [-0.2, -0.15) is 0 Å². The second-order valence-corrected chi connectivity index (χ2v) is 5.86. The van der Waals surface area contributed by atoms with Crippen molar-refractivity contribution in [2.24, 2.45) is 0 Å². The van der Waals surface area contributed by atoms with Crippen LogP contribution >= 0.6 is 11.6 Å². The van der Waals surface area contributed by atoms with Crippen LogP contribution in [-0.2, 0) is 6.54 Å². The summed E-state index contributed by atoms with van der Waals surface area (Å²) in [4.78, 5) is 5.62. The quantitative estimate of drug-likeness (QED) is 0.426. The molecule has 0 saturated carbocycles. The molecule has 0 bridgehead atoms. The van der Waals surface area contributed by atoms with E-state index in [2.05, 4.69) is 10.3 Å². The van der Waals surface area contributed by atoms with Crippen molar-refractivity contribution in [1.29, 1.82) is 16.2 Å². The molecule has 0 saturated heterocycles. The Kier molecular flexibility index (Phi) is 5.71. The van der Waals surface area contributed by atoms with Crippen LogP contribution < -0.4 is 11.1 Å². The lowest BCUT2D eigenvalue weighted by Crippen LogP contribution is -2.34. The fourth-order valence-electron chi connectivity index (χ4n) is 2.23. The van der Waals surface area contributed by atoms with E-state index in [0.717, 1.165) is 5.56 Å². The van der Waals surface area contributed by atoms with Crippen LogP contribution in [0, 0.1) is 16.2 Å². The van der Waals surface area contributed by atoms with Gasteiger partial charge in [0.2, 0.25) is 0 Å². The maximum atomic E-state index is 8.46. The van der Waals surface area contributed by atoms with Gasteiger partial charge in [0.25, 0.3) is 0 Å². The predicted molar refractivity (Wildman–Crippen MR) is 102 cm³/mol. The number of nitrogens with two attached hydrogens (primary N) is 1. The van der Waals surface area contributed by atoms with Crippen molar-refractivity contribution >= 4 is 34.9 Å². The molecule has 0 aliphatic carbocycles. The molecule has 0 radical (unpaired) electrons. The Morgan fingerprint density at radius 2 is 1.88 bits per heavy atom. The summed E-state index contributed by atoms with van der Waals surface area (Å²) in [6.07, 6.45) is 1.47. The predicted octanol–water partition coefficient (Wildman–Crippen LogP) is 2.69. The van der Waals surface area contributed by atoms with Crippen molar-refractivity contribution in [3.8, 4) is 0 Å². The number of pyridine rings is 1. The van der Waals surface area contributed by atoms with Crippen molar-refractivity contribution in [3.05, 3.63) is 58.2 Å². The molecular weight excluding hydrogens is 338 g/mol. The van der Waals surface area contributed by atoms with Crippen LogP contribution in [0.25, 0.3) is 0 Å². The summed E-state index contributed by atoms with van der Waals surface area (Å²) in [5.41, 5.74) is 7.62. The second-order valence-electron chi connectivity index (χ2n) is 5.43. The van der Waals surface area contributed by atoms with Gasteiger partial charge in [-0.05, 0) is 30.7 Å². The first-order chi connectivity index (χ1) is 11.8. The fraction of sp³-hybridized carbons (Fsp3) is 0.176. The molecule has 0 fully saturated rings. The lowest BCUT2D eigenvalue weighted by molar-refractivity contribution is 0.593. The van der Waals surface area contributed by atoms with Crippen LogP contribution in [0.3, 0.4) is 0 Å². The number of aromatic nitrogens is 1. The number of nitrogens with one attached hydrogen (secondary N) is 4. The highest BCUT2D eigenvalue weighted by molar-refractivity contribution is 6.30. The van der Waals surface area contributed by atoms with E-state index in [1.54, 1.807) is 37.1 Å². The molecule has 1 aromatic heterocycles. The number of hydrogen-bond donors (Lipinski definition) is 5. The smallest absolute Gasteiger partial charge is 0.135 e. The summed E-state index contributed by atoms with van der Waals surface area (Å²) in [5, 5.41) is 27.7. The van der Waals surface area contributed by atoms with E-state index in [1.807, 2.05) is 12.1 Å². The normalized spacial score (nSPS) is 10.2. The number of anilines is 1. The Morgan fingerprint density at radius 3 is 2.44 bits per heavy atom. The lowest BCUT2D eigenvalue weighted by Gasteiger charge is -2.24. The minimum absolute atomic E-state index is 0.111. The van der Waals surface area contributed by atoms with Crippen LogP contribution in [0.4, 0.5) is 5.82 Å². The molecule has 8 heteroatoms. The molecule has 1 aromatic carbocycles. The molecular formula is C17H20ClN7. The molecule has 2 rings (SSSR count). The Balaban J connectivity index is 2.33. The van der Waals surface area contributed by atoms with Gasteiger partial charge in [0.1, 0.15) is 17.5 Å². The molecule has 0 amide bonds. The minimum atomic E-state index is 0.111.